The maximum absolute atomic E-state index is 6.08. The van der Waals surface area contributed by atoms with E-state index < -0.39 is 0 Å². The van der Waals surface area contributed by atoms with Crippen LogP contribution in [0.2, 0.25) is 0 Å². The van der Waals surface area contributed by atoms with Gasteiger partial charge in [-0.05, 0) is 43.6 Å². The molecule has 1 aromatic carbocycles. The average Bonchev–Trinajstić information content (AvgIpc) is 3.04. The monoisotopic (exact) mass is 351 g/mol. The van der Waals surface area contributed by atoms with Gasteiger partial charge in [0, 0.05) is 18.7 Å². The topological polar surface area (TPSA) is 21.7 Å². The highest BCUT2D eigenvalue weighted by Gasteiger charge is 2.36. The second kappa shape index (κ2) is 8.52. The predicted octanol–water partition coefficient (Wildman–Crippen LogP) is 4.60. The molecule has 1 unspecified atom stereocenters. The van der Waals surface area contributed by atoms with E-state index in [4.69, 9.17) is 9.47 Å². The lowest BCUT2D eigenvalue weighted by Gasteiger charge is -2.36. The molecule has 0 spiro atoms. The van der Waals surface area contributed by atoms with E-state index in [1.165, 1.54) is 22.3 Å². The Labute approximate surface area is 157 Å². The molecule has 1 fully saturated rings. The Kier molecular flexibility index (Phi) is 6.12. The Hall–Kier alpha value is -2.10. The number of hydrogen-bond donors (Lipinski definition) is 0. The second-order valence-corrected chi connectivity index (χ2v) is 6.71. The van der Waals surface area contributed by atoms with Crippen LogP contribution in [-0.4, -0.2) is 43.9 Å². The van der Waals surface area contributed by atoms with Crippen molar-refractivity contribution in [2.75, 3.05) is 32.9 Å². The number of benzene rings is 1. The van der Waals surface area contributed by atoms with E-state index in [2.05, 4.69) is 67.8 Å². The molecule has 0 N–H and O–H groups in total. The number of rotatable bonds is 6. The molecule has 26 heavy (non-hydrogen) atoms. The number of morpholine rings is 1. The average molecular weight is 351 g/mol. The van der Waals surface area contributed by atoms with E-state index in [9.17, 15) is 0 Å². The van der Waals surface area contributed by atoms with Crippen LogP contribution in [0.4, 0.5) is 0 Å². The van der Waals surface area contributed by atoms with Gasteiger partial charge in [-0.2, -0.15) is 0 Å². The number of ether oxygens (including phenoxy) is 2. The molecule has 0 amide bonds. The smallest absolute Gasteiger partial charge is 0.125 e. The molecule has 1 aliphatic carbocycles. The third-order valence-electron chi connectivity index (χ3n) is 4.99. The van der Waals surface area contributed by atoms with Crippen LogP contribution in [0.5, 0.6) is 0 Å². The summed E-state index contributed by atoms with van der Waals surface area (Å²) in [5.74, 6) is 0.971. The SMILES string of the molecule is C=C(C)C1=CC(OCC)=C(/C(=C/C)c2ccccc2)C1N1CCOCC1. The summed E-state index contributed by atoms with van der Waals surface area (Å²) in [6, 6.07) is 10.7. The second-order valence-electron chi connectivity index (χ2n) is 6.71. The van der Waals surface area contributed by atoms with Gasteiger partial charge in [0.15, 0.2) is 0 Å². The first-order valence-corrected chi connectivity index (χ1v) is 9.45. The number of nitrogens with zero attached hydrogens (tertiary/aromatic N) is 1. The van der Waals surface area contributed by atoms with Gasteiger partial charge in [-0.1, -0.05) is 48.6 Å². The van der Waals surface area contributed by atoms with Gasteiger partial charge < -0.3 is 9.47 Å². The molecular weight excluding hydrogens is 322 g/mol. The summed E-state index contributed by atoms with van der Waals surface area (Å²) in [4.78, 5) is 2.50. The molecule has 138 valence electrons. The van der Waals surface area contributed by atoms with Gasteiger partial charge >= 0.3 is 0 Å². The summed E-state index contributed by atoms with van der Waals surface area (Å²) >= 11 is 0. The largest absolute Gasteiger partial charge is 0.493 e. The van der Waals surface area contributed by atoms with Gasteiger partial charge in [-0.3, -0.25) is 4.90 Å². The van der Waals surface area contributed by atoms with Gasteiger partial charge in [-0.25, -0.2) is 0 Å². The van der Waals surface area contributed by atoms with Crippen LogP contribution in [0.25, 0.3) is 5.57 Å². The minimum Gasteiger partial charge on any atom is -0.493 e. The quantitative estimate of drug-likeness (QED) is 0.748. The maximum atomic E-state index is 6.08. The zero-order chi connectivity index (χ0) is 18.5. The van der Waals surface area contributed by atoms with E-state index >= 15 is 0 Å². The summed E-state index contributed by atoms with van der Waals surface area (Å²) < 4.78 is 11.7. The van der Waals surface area contributed by atoms with Crippen molar-refractivity contribution in [3.05, 3.63) is 77.1 Å². The van der Waals surface area contributed by atoms with Crippen LogP contribution < -0.4 is 0 Å². The van der Waals surface area contributed by atoms with Crippen molar-refractivity contribution in [3.8, 4) is 0 Å². The Morgan fingerprint density at radius 1 is 1.27 bits per heavy atom. The predicted molar refractivity (Wildman–Crippen MR) is 108 cm³/mol. The molecule has 1 aromatic rings. The highest BCUT2D eigenvalue weighted by Crippen LogP contribution is 2.41. The highest BCUT2D eigenvalue weighted by molar-refractivity contribution is 5.84. The van der Waals surface area contributed by atoms with E-state index in [0.29, 0.717) is 6.61 Å². The summed E-state index contributed by atoms with van der Waals surface area (Å²) in [5.41, 5.74) is 6.05. The zero-order valence-electron chi connectivity index (χ0n) is 16.1. The molecule has 3 rings (SSSR count). The van der Waals surface area contributed by atoms with Gasteiger partial charge in [0.2, 0.25) is 0 Å². The molecule has 2 aliphatic rings. The summed E-state index contributed by atoms with van der Waals surface area (Å²) in [5, 5.41) is 0. The fourth-order valence-corrected chi connectivity index (χ4v) is 3.81. The molecule has 0 radical (unpaired) electrons. The van der Waals surface area contributed by atoms with Crippen LogP contribution in [0.15, 0.2) is 71.5 Å². The fraction of sp³-hybridized carbons (Fsp3) is 0.391. The molecule has 0 aromatic heterocycles. The minimum atomic E-state index is 0.171. The molecule has 3 heteroatoms. The van der Waals surface area contributed by atoms with E-state index in [1.54, 1.807) is 0 Å². The fourth-order valence-electron chi connectivity index (χ4n) is 3.81. The van der Waals surface area contributed by atoms with Gasteiger partial charge in [0.25, 0.3) is 0 Å². The van der Waals surface area contributed by atoms with Crippen molar-refractivity contribution in [1.29, 1.82) is 0 Å². The summed E-state index contributed by atoms with van der Waals surface area (Å²) in [7, 11) is 0. The first-order chi connectivity index (χ1) is 12.7. The lowest BCUT2D eigenvalue weighted by molar-refractivity contribution is 0.0306. The normalized spacial score (nSPS) is 21.7. The summed E-state index contributed by atoms with van der Waals surface area (Å²) in [6.45, 7) is 14.5. The molecule has 1 aliphatic heterocycles. The van der Waals surface area contributed by atoms with E-state index in [-0.39, 0.29) is 6.04 Å². The number of allylic oxidation sites excluding steroid dienone is 2. The lowest BCUT2D eigenvalue weighted by atomic mass is 9.89. The zero-order valence-corrected chi connectivity index (χ0v) is 16.1. The van der Waals surface area contributed by atoms with E-state index in [1.807, 2.05) is 6.92 Å². The Morgan fingerprint density at radius 2 is 1.96 bits per heavy atom. The van der Waals surface area contributed by atoms with Gasteiger partial charge in [0.1, 0.15) is 5.76 Å². The minimum absolute atomic E-state index is 0.171. The first-order valence-electron chi connectivity index (χ1n) is 9.45. The van der Waals surface area contributed by atoms with Crippen molar-refractivity contribution in [3.63, 3.8) is 0 Å². The van der Waals surface area contributed by atoms with Crippen LogP contribution in [0.1, 0.15) is 26.3 Å². The standard InChI is InChI=1S/C23H29NO2/c1-5-19(18-10-8-7-9-11-18)22-21(26-6-2)16-20(17(3)4)23(22)24-12-14-25-15-13-24/h5,7-11,16,23H,3,6,12-15H2,1-2,4H3/b19-5+. The third-order valence-corrected chi connectivity index (χ3v) is 4.99. The van der Waals surface area contributed by atoms with Crippen molar-refractivity contribution >= 4 is 5.57 Å². The maximum Gasteiger partial charge on any atom is 0.125 e. The number of hydrogen-bond acceptors (Lipinski definition) is 3. The van der Waals surface area contributed by atoms with Crippen LogP contribution in [0, 0.1) is 0 Å². The molecule has 0 bridgehead atoms. The van der Waals surface area contributed by atoms with E-state index in [0.717, 1.165) is 37.6 Å². The van der Waals surface area contributed by atoms with Gasteiger partial charge in [-0.15, -0.1) is 0 Å². The first kappa shape index (κ1) is 18.7. The Balaban J connectivity index is 2.09. The highest BCUT2D eigenvalue weighted by atomic mass is 16.5. The van der Waals surface area contributed by atoms with Crippen LogP contribution in [-0.2, 0) is 9.47 Å². The van der Waals surface area contributed by atoms with Crippen molar-refractivity contribution in [1.82, 2.24) is 4.90 Å². The lowest BCUT2D eigenvalue weighted by Crippen LogP contribution is -2.45. The summed E-state index contributed by atoms with van der Waals surface area (Å²) in [6.07, 6.45) is 4.39. The molecule has 3 nitrogen and oxygen atoms in total. The molecule has 0 saturated carbocycles. The molecule has 1 saturated heterocycles. The van der Waals surface area contributed by atoms with Gasteiger partial charge in [0.05, 0.1) is 25.9 Å². The van der Waals surface area contributed by atoms with Crippen molar-refractivity contribution < 1.29 is 9.47 Å². The molecule has 1 heterocycles. The molecule has 1 atom stereocenters. The molecular formula is C23H29NO2. The Bertz CT molecular complexity index is 737. The van der Waals surface area contributed by atoms with Crippen LogP contribution >= 0.6 is 0 Å². The van der Waals surface area contributed by atoms with Crippen molar-refractivity contribution in [2.45, 2.75) is 26.8 Å². The third kappa shape index (κ3) is 3.69. The Morgan fingerprint density at radius 3 is 2.54 bits per heavy atom. The van der Waals surface area contributed by atoms with Crippen molar-refractivity contribution in [2.24, 2.45) is 0 Å². The van der Waals surface area contributed by atoms with Crippen LogP contribution in [0.3, 0.4) is 0 Å².